The van der Waals surface area contributed by atoms with E-state index in [0.717, 1.165) is 16.6 Å². The molecule has 0 saturated heterocycles. The van der Waals surface area contributed by atoms with Crippen molar-refractivity contribution in [2.24, 2.45) is 0 Å². The van der Waals surface area contributed by atoms with Crippen molar-refractivity contribution in [2.75, 3.05) is 0 Å². The molecule has 4 aromatic rings. The van der Waals surface area contributed by atoms with Crippen LogP contribution in [0.1, 0.15) is 26.3 Å². The Balaban J connectivity index is 1.99. The predicted octanol–water partition coefficient (Wildman–Crippen LogP) is 3.11. The second-order valence-electron chi connectivity index (χ2n) is 8.66. The van der Waals surface area contributed by atoms with Gasteiger partial charge in [0.15, 0.2) is 17.5 Å². The van der Waals surface area contributed by atoms with E-state index in [1.54, 1.807) is 26.8 Å². The Kier molecular flexibility index (Phi) is 5.67. The van der Waals surface area contributed by atoms with Crippen molar-refractivity contribution >= 4 is 13.3 Å². The second kappa shape index (κ2) is 8.30. The van der Waals surface area contributed by atoms with Gasteiger partial charge in [0.1, 0.15) is 13.4 Å². The minimum Gasteiger partial charge on any atom is -0.387 e. The third-order valence-corrected chi connectivity index (χ3v) is 5.94. The summed E-state index contributed by atoms with van der Waals surface area (Å²) in [6.45, 7) is 4.78. The second-order valence-corrected chi connectivity index (χ2v) is 8.66. The third-order valence-electron chi connectivity index (χ3n) is 5.94. The van der Waals surface area contributed by atoms with E-state index < -0.39 is 11.2 Å². The van der Waals surface area contributed by atoms with Crippen LogP contribution < -0.4 is 5.46 Å². The molecule has 0 radical (unpaired) electrons. The van der Waals surface area contributed by atoms with Crippen LogP contribution >= 0.6 is 0 Å². The quantitative estimate of drug-likeness (QED) is 0.483. The van der Waals surface area contributed by atoms with Crippen LogP contribution in [0.15, 0.2) is 78.9 Å². The number of hydrogen-bond donors (Lipinski definition) is 2. The van der Waals surface area contributed by atoms with Gasteiger partial charge < -0.3 is 10.2 Å². The molecule has 1 heterocycles. The summed E-state index contributed by atoms with van der Waals surface area (Å²) in [5.41, 5.74) is 1.14. The van der Waals surface area contributed by atoms with Crippen LogP contribution in [-0.4, -0.2) is 38.6 Å². The van der Waals surface area contributed by atoms with Crippen LogP contribution in [-0.2, 0) is 5.60 Å². The van der Waals surface area contributed by atoms with E-state index in [1.807, 2.05) is 80.6 Å². The molecular formula is C26H26BN3O2. The Morgan fingerprint density at radius 3 is 1.75 bits per heavy atom. The SMILES string of the molecule is Bc1ccccc1-c1nc(-c2ccccc2)nc(-c2ccccc2C(C)(O)C(C)(C)O)n1. The van der Waals surface area contributed by atoms with Gasteiger partial charge in [-0.1, -0.05) is 84.3 Å². The van der Waals surface area contributed by atoms with E-state index in [9.17, 15) is 10.2 Å². The summed E-state index contributed by atoms with van der Waals surface area (Å²) in [6.07, 6.45) is 0. The summed E-state index contributed by atoms with van der Waals surface area (Å²) < 4.78 is 0. The van der Waals surface area contributed by atoms with Gasteiger partial charge in [0.25, 0.3) is 0 Å². The lowest BCUT2D eigenvalue weighted by atomic mass is 9.79. The number of rotatable bonds is 5. The van der Waals surface area contributed by atoms with Crippen molar-refractivity contribution in [3.8, 4) is 34.2 Å². The van der Waals surface area contributed by atoms with E-state index in [-0.39, 0.29) is 0 Å². The van der Waals surface area contributed by atoms with Crippen LogP contribution in [0.3, 0.4) is 0 Å². The molecule has 5 nitrogen and oxygen atoms in total. The normalized spacial score (nSPS) is 13.5. The summed E-state index contributed by atoms with van der Waals surface area (Å²) in [4.78, 5) is 14.3. The maximum Gasteiger partial charge on any atom is 0.164 e. The summed E-state index contributed by atoms with van der Waals surface area (Å²) in [6, 6.07) is 25.1. The Labute approximate surface area is 189 Å². The van der Waals surface area contributed by atoms with Crippen LogP contribution in [0.2, 0.25) is 0 Å². The molecule has 160 valence electrons. The monoisotopic (exact) mass is 423 g/mol. The van der Waals surface area contributed by atoms with Crippen molar-refractivity contribution in [3.63, 3.8) is 0 Å². The van der Waals surface area contributed by atoms with Crippen LogP contribution in [0.25, 0.3) is 34.2 Å². The molecule has 0 aliphatic heterocycles. The van der Waals surface area contributed by atoms with Crippen molar-refractivity contribution in [2.45, 2.75) is 32.0 Å². The summed E-state index contributed by atoms with van der Waals surface area (Å²) in [5.74, 6) is 1.55. The molecule has 1 unspecified atom stereocenters. The van der Waals surface area contributed by atoms with Gasteiger partial charge in [-0.2, -0.15) is 0 Å². The maximum absolute atomic E-state index is 11.3. The molecule has 0 bridgehead atoms. The van der Waals surface area contributed by atoms with Crippen LogP contribution in [0, 0.1) is 0 Å². The van der Waals surface area contributed by atoms with Gasteiger partial charge >= 0.3 is 0 Å². The van der Waals surface area contributed by atoms with Crippen molar-refractivity contribution < 1.29 is 10.2 Å². The molecule has 0 amide bonds. The Bertz CT molecular complexity index is 1250. The predicted molar refractivity (Wildman–Crippen MR) is 130 cm³/mol. The van der Waals surface area contributed by atoms with Gasteiger partial charge in [-0.3, -0.25) is 0 Å². The molecule has 1 atom stereocenters. The summed E-state index contributed by atoms with van der Waals surface area (Å²) >= 11 is 0. The highest BCUT2D eigenvalue weighted by molar-refractivity contribution is 6.35. The van der Waals surface area contributed by atoms with E-state index >= 15 is 0 Å². The minimum absolute atomic E-state index is 0.442. The Morgan fingerprint density at radius 1 is 0.625 bits per heavy atom. The van der Waals surface area contributed by atoms with Crippen LogP contribution in [0.5, 0.6) is 0 Å². The highest BCUT2D eigenvalue weighted by Gasteiger charge is 2.41. The highest BCUT2D eigenvalue weighted by Crippen LogP contribution is 2.38. The first-order valence-electron chi connectivity index (χ1n) is 10.6. The third kappa shape index (κ3) is 4.07. The standard InChI is InChI=1S/C26H26BN3O2/c1-25(2,31)26(3,32)20-15-9-7-13-18(20)23-28-22(17-11-5-4-6-12-17)29-24(30-23)19-14-8-10-16-21(19)27/h4-16,31-32H,27H2,1-3H3. The first kappa shape index (κ1) is 21.9. The zero-order valence-corrected chi connectivity index (χ0v) is 18.7. The number of aromatic nitrogens is 3. The largest absolute Gasteiger partial charge is 0.387 e. The van der Waals surface area contributed by atoms with E-state index in [1.165, 1.54) is 0 Å². The lowest BCUT2D eigenvalue weighted by Crippen LogP contribution is -2.45. The van der Waals surface area contributed by atoms with E-state index in [0.29, 0.717) is 28.6 Å². The molecule has 0 saturated carbocycles. The molecular weight excluding hydrogens is 397 g/mol. The maximum atomic E-state index is 11.3. The van der Waals surface area contributed by atoms with Gasteiger partial charge in [0, 0.05) is 16.7 Å². The van der Waals surface area contributed by atoms with E-state index in [2.05, 4.69) is 0 Å². The first-order chi connectivity index (χ1) is 15.2. The molecule has 0 fully saturated rings. The van der Waals surface area contributed by atoms with Crippen molar-refractivity contribution in [3.05, 3.63) is 84.4 Å². The van der Waals surface area contributed by atoms with Gasteiger partial charge in [0.05, 0.1) is 5.60 Å². The minimum atomic E-state index is -1.52. The van der Waals surface area contributed by atoms with Gasteiger partial charge in [-0.25, -0.2) is 15.0 Å². The molecule has 32 heavy (non-hydrogen) atoms. The molecule has 4 rings (SSSR count). The van der Waals surface area contributed by atoms with Crippen LogP contribution in [0.4, 0.5) is 0 Å². The Hall–Kier alpha value is -3.35. The average Bonchev–Trinajstić information content (AvgIpc) is 2.79. The van der Waals surface area contributed by atoms with Crippen molar-refractivity contribution in [1.82, 2.24) is 15.0 Å². The molecule has 0 aliphatic carbocycles. The van der Waals surface area contributed by atoms with Gasteiger partial charge in [-0.05, 0) is 26.3 Å². The van der Waals surface area contributed by atoms with Crippen molar-refractivity contribution in [1.29, 1.82) is 0 Å². The zero-order chi connectivity index (χ0) is 22.9. The molecule has 6 heteroatoms. The Morgan fingerprint density at radius 2 is 1.12 bits per heavy atom. The number of aliphatic hydroxyl groups is 2. The summed E-state index contributed by atoms with van der Waals surface area (Å²) in [7, 11) is 2.02. The fraction of sp³-hybridized carbons (Fsp3) is 0.192. The lowest BCUT2D eigenvalue weighted by Gasteiger charge is -2.37. The molecule has 2 N–H and O–H groups in total. The fourth-order valence-corrected chi connectivity index (χ4v) is 3.59. The number of benzene rings is 3. The summed E-state index contributed by atoms with van der Waals surface area (Å²) in [5, 5.41) is 21.9. The lowest BCUT2D eigenvalue weighted by molar-refractivity contribution is -0.125. The molecule has 1 aromatic heterocycles. The molecule has 0 spiro atoms. The highest BCUT2D eigenvalue weighted by atomic mass is 16.4. The zero-order valence-electron chi connectivity index (χ0n) is 18.7. The molecule has 0 aliphatic rings. The van der Waals surface area contributed by atoms with Gasteiger partial charge in [-0.15, -0.1) is 0 Å². The number of hydrogen-bond acceptors (Lipinski definition) is 5. The number of nitrogens with zero attached hydrogens (tertiary/aromatic N) is 3. The van der Waals surface area contributed by atoms with Gasteiger partial charge in [0.2, 0.25) is 0 Å². The fourth-order valence-electron chi connectivity index (χ4n) is 3.59. The topological polar surface area (TPSA) is 79.1 Å². The van der Waals surface area contributed by atoms with E-state index in [4.69, 9.17) is 15.0 Å². The average molecular weight is 423 g/mol. The molecule has 3 aromatic carbocycles. The smallest absolute Gasteiger partial charge is 0.164 e. The first-order valence-corrected chi connectivity index (χ1v) is 10.6.